The van der Waals surface area contributed by atoms with E-state index in [1.807, 2.05) is 31.3 Å². The number of nitrogens with one attached hydrogen (secondary N) is 2. The summed E-state index contributed by atoms with van der Waals surface area (Å²) in [5.41, 5.74) is 4.13. The third kappa shape index (κ3) is 6.15. The van der Waals surface area contributed by atoms with Gasteiger partial charge in [-0.15, -0.1) is 0 Å². The van der Waals surface area contributed by atoms with Crippen molar-refractivity contribution in [3.8, 4) is 5.75 Å². The molecule has 3 aromatic carbocycles. The maximum Gasteiger partial charge on any atom is 0.265 e. The van der Waals surface area contributed by atoms with Crippen LogP contribution in [0.25, 0.3) is 10.9 Å². The third-order valence-electron chi connectivity index (χ3n) is 7.87. The van der Waals surface area contributed by atoms with Gasteiger partial charge in [0.1, 0.15) is 5.75 Å². The lowest BCUT2D eigenvalue weighted by atomic mass is 10.1. The molecule has 1 aromatic heterocycles. The lowest BCUT2D eigenvalue weighted by Gasteiger charge is -2.14. The quantitative estimate of drug-likeness (QED) is 0.281. The van der Waals surface area contributed by atoms with Crippen molar-refractivity contribution >= 4 is 32.7 Å². The van der Waals surface area contributed by atoms with Crippen molar-refractivity contribution in [2.75, 3.05) is 13.7 Å². The molecule has 4 aromatic rings. The Morgan fingerprint density at radius 3 is 2.37 bits per heavy atom. The Bertz CT molecular complexity index is 1720. The number of carbonyl (C=O) groups is 2. The van der Waals surface area contributed by atoms with Crippen LogP contribution >= 0.6 is 0 Å². The predicted molar refractivity (Wildman–Crippen MR) is 159 cm³/mol. The Balaban J connectivity index is 1.36. The molecule has 0 spiro atoms. The van der Waals surface area contributed by atoms with Crippen LogP contribution in [0.3, 0.4) is 0 Å². The zero-order valence-corrected chi connectivity index (χ0v) is 24.4. The molecule has 0 saturated heterocycles. The number of sulfonamides is 1. The maximum atomic E-state index is 12.9. The monoisotopic (exact) mass is 573 g/mol. The number of methoxy groups -OCH3 is 1. The highest BCUT2D eigenvalue weighted by Gasteiger charge is 2.22. The number of carbonyl (C=O) groups excluding carboxylic acids is 2. The van der Waals surface area contributed by atoms with E-state index >= 15 is 0 Å². The second-order valence-corrected chi connectivity index (χ2v) is 12.4. The molecule has 0 aliphatic heterocycles. The van der Waals surface area contributed by atoms with Gasteiger partial charge in [-0.2, -0.15) is 0 Å². The molecular formula is C32H35N3O5S. The average Bonchev–Trinajstić information content (AvgIpc) is 3.59. The van der Waals surface area contributed by atoms with Gasteiger partial charge in [-0.1, -0.05) is 43.2 Å². The summed E-state index contributed by atoms with van der Waals surface area (Å²) in [5.74, 6) is 0.205. The van der Waals surface area contributed by atoms with E-state index in [1.54, 1.807) is 43.3 Å². The van der Waals surface area contributed by atoms with Gasteiger partial charge in [-0.3, -0.25) is 9.59 Å². The molecule has 5 rings (SSSR count). The Morgan fingerprint density at radius 2 is 1.63 bits per heavy atom. The van der Waals surface area contributed by atoms with Crippen molar-refractivity contribution in [1.82, 2.24) is 14.6 Å². The number of hydrogen-bond donors (Lipinski definition) is 2. The molecule has 8 nitrogen and oxygen atoms in total. The SMILES string of the molecule is COc1cc(C(=O)NS(=O)(=O)c2ccccc2C)ccc1Cn1cc(C)c2ccc(C(=O)NCC3CCCC3)cc21. The summed E-state index contributed by atoms with van der Waals surface area (Å²) in [5, 5.41) is 4.15. The lowest BCUT2D eigenvalue weighted by Crippen LogP contribution is -2.31. The Kier molecular flexibility index (Phi) is 8.17. The number of amides is 2. The average molecular weight is 574 g/mol. The van der Waals surface area contributed by atoms with Gasteiger partial charge in [0.15, 0.2) is 0 Å². The molecule has 41 heavy (non-hydrogen) atoms. The highest BCUT2D eigenvalue weighted by molar-refractivity contribution is 7.90. The molecule has 2 N–H and O–H groups in total. The van der Waals surface area contributed by atoms with Crippen molar-refractivity contribution in [1.29, 1.82) is 0 Å². The summed E-state index contributed by atoms with van der Waals surface area (Å²) in [6.45, 7) is 4.85. The summed E-state index contributed by atoms with van der Waals surface area (Å²) in [7, 11) is -2.53. The molecule has 1 heterocycles. The Labute approximate surface area is 240 Å². The summed E-state index contributed by atoms with van der Waals surface area (Å²) < 4.78 is 35.4. The van der Waals surface area contributed by atoms with Gasteiger partial charge in [0.05, 0.1) is 18.6 Å². The second-order valence-electron chi connectivity index (χ2n) is 10.8. The van der Waals surface area contributed by atoms with Crippen LogP contribution in [0.15, 0.2) is 71.8 Å². The van der Waals surface area contributed by atoms with Crippen LogP contribution in [0.1, 0.15) is 63.1 Å². The number of fused-ring (bicyclic) bond motifs is 1. The van der Waals surface area contributed by atoms with Gasteiger partial charge in [0.25, 0.3) is 21.8 Å². The number of benzene rings is 3. The lowest BCUT2D eigenvalue weighted by molar-refractivity contribution is 0.0945. The highest BCUT2D eigenvalue weighted by Crippen LogP contribution is 2.28. The van der Waals surface area contributed by atoms with E-state index in [0.717, 1.165) is 22.0 Å². The Hall–Kier alpha value is -4.11. The van der Waals surface area contributed by atoms with Crippen LogP contribution in [0.5, 0.6) is 5.75 Å². The predicted octanol–water partition coefficient (Wildman–Crippen LogP) is 5.35. The molecule has 2 amide bonds. The van der Waals surface area contributed by atoms with Crippen LogP contribution in [0, 0.1) is 19.8 Å². The van der Waals surface area contributed by atoms with Crippen LogP contribution in [-0.4, -0.2) is 38.5 Å². The first-order chi connectivity index (χ1) is 19.7. The summed E-state index contributed by atoms with van der Waals surface area (Å²) in [4.78, 5) is 25.9. The summed E-state index contributed by atoms with van der Waals surface area (Å²) >= 11 is 0. The van der Waals surface area contributed by atoms with Crippen LogP contribution in [0.4, 0.5) is 0 Å². The van der Waals surface area contributed by atoms with E-state index in [1.165, 1.54) is 38.9 Å². The molecule has 1 saturated carbocycles. The topological polar surface area (TPSA) is 106 Å². The van der Waals surface area contributed by atoms with E-state index in [0.29, 0.717) is 35.9 Å². The minimum absolute atomic E-state index is 0.0541. The fourth-order valence-corrected chi connectivity index (χ4v) is 6.82. The van der Waals surface area contributed by atoms with Gasteiger partial charge in [-0.05, 0) is 74.1 Å². The number of ether oxygens (including phenoxy) is 1. The van der Waals surface area contributed by atoms with Gasteiger partial charge >= 0.3 is 0 Å². The number of nitrogens with zero attached hydrogens (tertiary/aromatic N) is 1. The minimum Gasteiger partial charge on any atom is -0.496 e. The normalized spacial score (nSPS) is 13.8. The molecule has 9 heteroatoms. The number of aromatic nitrogens is 1. The van der Waals surface area contributed by atoms with Crippen molar-refractivity contribution < 1.29 is 22.7 Å². The van der Waals surface area contributed by atoms with Crippen LogP contribution in [-0.2, 0) is 16.6 Å². The fraction of sp³-hybridized carbons (Fsp3) is 0.312. The molecule has 0 radical (unpaired) electrons. The largest absolute Gasteiger partial charge is 0.496 e. The fourth-order valence-electron chi connectivity index (χ4n) is 5.60. The van der Waals surface area contributed by atoms with E-state index in [-0.39, 0.29) is 16.4 Å². The van der Waals surface area contributed by atoms with Gasteiger partial charge < -0.3 is 14.6 Å². The molecule has 214 valence electrons. The standard InChI is InChI=1S/C32H35N3O5S/c1-21-8-4-7-11-30(21)41(38,39)34-32(37)25-12-13-26(29(17-25)40-3)20-35-19-22(2)27-15-14-24(16-28(27)35)31(36)33-18-23-9-5-6-10-23/h4,7-8,11-17,19,23H,5-6,9-10,18,20H2,1-3H3,(H,33,36)(H,34,37). The van der Waals surface area contributed by atoms with E-state index in [2.05, 4.69) is 14.6 Å². The smallest absolute Gasteiger partial charge is 0.265 e. The van der Waals surface area contributed by atoms with Crippen molar-refractivity contribution in [2.24, 2.45) is 5.92 Å². The highest BCUT2D eigenvalue weighted by atomic mass is 32.2. The van der Waals surface area contributed by atoms with E-state index in [4.69, 9.17) is 4.74 Å². The number of rotatable bonds is 9. The van der Waals surface area contributed by atoms with E-state index in [9.17, 15) is 18.0 Å². The maximum absolute atomic E-state index is 12.9. The molecule has 1 aliphatic rings. The third-order valence-corrected chi connectivity index (χ3v) is 9.36. The first-order valence-corrected chi connectivity index (χ1v) is 15.3. The molecular weight excluding hydrogens is 538 g/mol. The first-order valence-electron chi connectivity index (χ1n) is 13.8. The van der Waals surface area contributed by atoms with Crippen LogP contribution < -0.4 is 14.8 Å². The first kappa shape index (κ1) is 28.4. The number of aryl methyl sites for hydroxylation is 2. The Morgan fingerprint density at radius 1 is 0.927 bits per heavy atom. The zero-order chi connectivity index (χ0) is 29.1. The molecule has 1 aliphatic carbocycles. The van der Waals surface area contributed by atoms with Crippen molar-refractivity contribution in [2.45, 2.75) is 51.0 Å². The molecule has 0 bridgehead atoms. The summed E-state index contributed by atoms with van der Waals surface area (Å²) in [6.07, 6.45) is 6.85. The van der Waals surface area contributed by atoms with Gasteiger partial charge in [-0.25, -0.2) is 13.1 Å². The van der Waals surface area contributed by atoms with Crippen molar-refractivity contribution in [3.63, 3.8) is 0 Å². The number of hydrogen-bond acceptors (Lipinski definition) is 5. The van der Waals surface area contributed by atoms with E-state index < -0.39 is 15.9 Å². The minimum atomic E-state index is -4.04. The zero-order valence-electron chi connectivity index (χ0n) is 23.6. The molecule has 0 atom stereocenters. The van der Waals surface area contributed by atoms with Gasteiger partial charge in [0.2, 0.25) is 0 Å². The van der Waals surface area contributed by atoms with Gasteiger partial charge in [0, 0.05) is 40.3 Å². The van der Waals surface area contributed by atoms with Crippen molar-refractivity contribution in [3.05, 3.63) is 94.7 Å². The summed E-state index contributed by atoms with van der Waals surface area (Å²) in [6, 6.07) is 17.1. The second kappa shape index (κ2) is 11.8. The molecule has 0 unspecified atom stereocenters. The molecule has 1 fully saturated rings. The van der Waals surface area contributed by atoms with Crippen LogP contribution in [0.2, 0.25) is 0 Å².